The van der Waals surface area contributed by atoms with Crippen LogP contribution >= 0.6 is 0 Å². The van der Waals surface area contributed by atoms with E-state index in [9.17, 15) is 19.1 Å². The zero-order valence-electron chi connectivity index (χ0n) is 17.5. The van der Waals surface area contributed by atoms with Crippen molar-refractivity contribution in [2.45, 2.75) is 25.8 Å². The number of nitrogens with zero attached hydrogens (tertiary/aromatic N) is 2. The summed E-state index contributed by atoms with van der Waals surface area (Å²) < 4.78 is 16.6. The Balaban J connectivity index is 1.67. The number of aromatic nitrogens is 4. The number of aromatic carboxylic acids is 1. The summed E-state index contributed by atoms with van der Waals surface area (Å²) in [6.07, 6.45) is 5.85. The van der Waals surface area contributed by atoms with E-state index in [4.69, 9.17) is 0 Å². The zero-order chi connectivity index (χ0) is 22.7. The van der Waals surface area contributed by atoms with Crippen molar-refractivity contribution in [1.29, 1.82) is 0 Å². The van der Waals surface area contributed by atoms with Crippen LogP contribution in [0.4, 0.5) is 4.39 Å². The second-order valence-electron chi connectivity index (χ2n) is 8.38. The lowest BCUT2D eigenvalue weighted by Crippen LogP contribution is -2.14. The first-order valence-corrected chi connectivity index (χ1v) is 10.7. The zero-order valence-corrected chi connectivity index (χ0v) is 17.5. The fourth-order valence-corrected chi connectivity index (χ4v) is 4.99. The van der Waals surface area contributed by atoms with E-state index in [0.717, 1.165) is 30.4 Å². The van der Waals surface area contributed by atoms with Gasteiger partial charge in [0.1, 0.15) is 11.5 Å². The molecule has 0 unspecified atom stereocenters. The van der Waals surface area contributed by atoms with Crippen molar-refractivity contribution >= 4 is 27.9 Å². The van der Waals surface area contributed by atoms with Gasteiger partial charge in [0.2, 0.25) is 0 Å². The lowest BCUT2D eigenvalue weighted by molar-refractivity contribution is 0.0687. The molecule has 2 aromatic carbocycles. The Bertz CT molecular complexity index is 1640. The highest BCUT2D eigenvalue weighted by Gasteiger charge is 2.27. The number of pyridine rings is 1. The Hall–Kier alpha value is -4.20. The van der Waals surface area contributed by atoms with Gasteiger partial charge in [-0.25, -0.2) is 14.2 Å². The van der Waals surface area contributed by atoms with E-state index >= 15 is 0 Å². The molecule has 0 fully saturated rings. The van der Waals surface area contributed by atoms with E-state index in [1.807, 2.05) is 12.1 Å². The van der Waals surface area contributed by atoms with Crippen molar-refractivity contribution < 1.29 is 14.3 Å². The Labute approximate surface area is 186 Å². The highest BCUT2D eigenvalue weighted by atomic mass is 19.1. The van der Waals surface area contributed by atoms with E-state index in [1.54, 1.807) is 22.8 Å². The molecule has 0 atom stereocenters. The number of benzene rings is 2. The predicted octanol–water partition coefficient (Wildman–Crippen LogP) is 4.25. The lowest BCUT2D eigenvalue weighted by atomic mass is 10.00. The Kier molecular flexibility index (Phi) is 4.23. The van der Waals surface area contributed by atoms with Crippen LogP contribution in [0.2, 0.25) is 0 Å². The van der Waals surface area contributed by atoms with Crippen molar-refractivity contribution in [3.8, 4) is 11.1 Å². The van der Waals surface area contributed by atoms with Gasteiger partial charge in [-0.05, 0) is 60.7 Å². The van der Waals surface area contributed by atoms with Gasteiger partial charge in [-0.1, -0.05) is 0 Å². The summed E-state index contributed by atoms with van der Waals surface area (Å²) >= 11 is 0. The molecule has 0 amide bonds. The highest BCUT2D eigenvalue weighted by Crippen LogP contribution is 2.38. The molecule has 5 aromatic rings. The smallest absolute Gasteiger partial charge is 0.353 e. The standard InChI is InChI=1S/C25H19FN4O3/c26-18-10-20-19(28-12-29-20)8-15(18)11-30-21-9-14-4-1-3-13(14)7-17(21)22(23(30)25(32)33)16-5-2-6-27-24(16)31/h2,5-10,12H,1,3-4,11H2,(H,27,31)(H,28,29)(H,32,33). The fourth-order valence-electron chi connectivity index (χ4n) is 4.99. The van der Waals surface area contributed by atoms with Crippen LogP contribution in [0.3, 0.4) is 0 Å². The van der Waals surface area contributed by atoms with Crippen LogP contribution < -0.4 is 5.56 Å². The molecule has 7 nitrogen and oxygen atoms in total. The summed E-state index contributed by atoms with van der Waals surface area (Å²) in [5.74, 6) is -1.64. The second kappa shape index (κ2) is 7.16. The molecular weight excluding hydrogens is 423 g/mol. The van der Waals surface area contributed by atoms with Crippen molar-refractivity contribution in [2.75, 3.05) is 0 Å². The minimum Gasteiger partial charge on any atom is -0.477 e. The van der Waals surface area contributed by atoms with Gasteiger partial charge in [0.25, 0.3) is 5.56 Å². The number of halogens is 1. The van der Waals surface area contributed by atoms with E-state index < -0.39 is 11.8 Å². The molecule has 0 radical (unpaired) electrons. The summed E-state index contributed by atoms with van der Waals surface area (Å²) in [6, 6.07) is 10.3. The molecular formula is C25H19FN4O3. The van der Waals surface area contributed by atoms with E-state index in [-0.39, 0.29) is 23.4 Å². The third kappa shape index (κ3) is 2.98. The summed E-state index contributed by atoms with van der Waals surface area (Å²) in [5.41, 5.74) is 4.74. The molecule has 0 aliphatic heterocycles. The minimum absolute atomic E-state index is 0.00243. The SMILES string of the molecule is O=C(O)c1c(-c2ccc[nH]c2=O)c2cc3c(cc2n1Cc1cc2[nH]cnc2cc1F)CCC3. The molecule has 1 aliphatic carbocycles. The maximum absolute atomic E-state index is 15.0. The van der Waals surface area contributed by atoms with Crippen molar-refractivity contribution in [3.05, 3.63) is 87.5 Å². The maximum atomic E-state index is 15.0. The van der Waals surface area contributed by atoms with Crippen LogP contribution in [-0.2, 0) is 19.4 Å². The Morgan fingerprint density at radius 3 is 2.76 bits per heavy atom. The number of fused-ring (bicyclic) bond motifs is 3. The van der Waals surface area contributed by atoms with Gasteiger partial charge in [0.05, 0.1) is 23.9 Å². The van der Waals surface area contributed by atoms with Gasteiger partial charge in [0, 0.05) is 39.9 Å². The third-order valence-electron chi connectivity index (χ3n) is 6.48. The fraction of sp³-hybridized carbons (Fsp3) is 0.160. The summed E-state index contributed by atoms with van der Waals surface area (Å²) in [4.78, 5) is 34.9. The molecule has 8 heteroatoms. The highest BCUT2D eigenvalue weighted by molar-refractivity contribution is 6.08. The van der Waals surface area contributed by atoms with Gasteiger partial charge in [0.15, 0.2) is 0 Å². The van der Waals surface area contributed by atoms with Crippen molar-refractivity contribution in [1.82, 2.24) is 19.5 Å². The first-order chi connectivity index (χ1) is 16.0. The van der Waals surface area contributed by atoms with Crippen molar-refractivity contribution in [3.63, 3.8) is 0 Å². The molecule has 33 heavy (non-hydrogen) atoms. The average Bonchev–Trinajstić information content (AvgIpc) is 3.50. The second-order valence-corrected chi connectivity index (χ2v) is 8.38. The molecule has 0 spiro atoms. The molecule has 1 aliphatic rings. The monoisotopic (exact) mass is 442 g/mol. The molecule has 3 heterocycles. The predicted molar refractivity (Wildman–Crippen MR) is 122 cm³/mol. The molecule has 3 N–H and O–H groups in total. The summed E-state index contributed by atoms with van der Waals surface area (Å²) in [6.45, 7) is 0.00243. The number of aromatic amines is 2. The minimum atomic E-state index is -1.17. The molecule has 0 bridgehead atoms. The number of carboxylic acids is 1. The molecule has 0 saturated heterocycles. The molecule has 6 rings (SSSR count). The Morgan fingerprint density at radius 2 is 1.97 bits per heavy atom. The summed E-state index contributed by atoms with van der Waals surface area (Å²) in [7, 11) is 0. The first kappa shape index (κ1) is 19.5. The molecule has 164 valence electrons. The van der Waals surface area contributed by atoms with E-state index in [1.165, 1.54) is 18.6 Å². The first-order valence-electron chi connectivity index (χ1n) is 10.7. The van der Waals surface area contributed by atoms with Gasteiger partial charge in [-0.15, -0.1) is 0 Å². The van der Waals surface area contributed by atoms with Gasteiger partial charge in [-0.2, -0.15) is 0 Å². The number of hydrogen-bond acceptors (Lipinski definition) is 3. The lowest BCUT2D eigenvalue weighted by Gasteiger charge is -2.11. The van der Waals surface area contributed by atoms with Crippen LogP contribution in [0.15, 0.2) is 53.7 Å². The number of carbonyl (C=O) groups is 1. The molecule has 3 aromatic heterocycles. The van der Waals surface area contributed by atoms with Gasteiger partial charge >= 0.3 is 5.97 Å². The normalized spacial score (nSPS) is 13.1. The number of hydrogen-bond donors (Lipinski definition) is 3. The van der Waals surface area contributed by atoms with Crippen LogP contribution in [0, 0.1) is 5.82 Å². The number of H-pyrrole nitrogens is 2. The van der Waals surface area contributed by atoms with Crippen LogP contribution in [0.5, 0.6) is 0 Å². The van der Waals surface area contributed by atoms with E-state index in [0.29, 0.717) is 33.1 Å². The Morgan fingerprint density at radius 1 is 1.15 bits per heavy atom. The number of imidazole rings is 1. The maximum Gasteiger partial charge on any atom is 0.353 e. The van der Waals surface area contributed by atoms with Crippen LogP contribution in [0.25, 0.3) is 33.1 Å². The molecule has 0 saturated carbocycles. The number of aryl methyl sites for hydroxylation is 2. The van der Waals surface area contributed by atoms with E-state index in [2.05, 4.69) is 15.0 Å². The number of carboxylic acid groups (broad SMARTS) is 1. The van der Waals surface area contributed by atoms with Gasteiger partial charge < -0.3 is 19.6 Å². The largest absolute Gasteiger partial charge is 0.477 e. The van der Waals surface area contributed by atoms with Crippen LogP contribution in [-0.4, -0.2) is 30.6 Å². The number of rotatable bonds is 4. The summed E-state index contributed by atoms with van der Waals surface area (Å²) in [5, 5.41) is 10.9. The average molecular weight is 442 g/mol. The third-order valence-corrected chi connectivity index (χ3v) is 6.48. The number of nitrogens with one attached hydrogen (secondary N) is 2. The van der Waals surface area contributed by atoms with Gasteiger partial charge in [-0.3, -0.25) is 4.79 Å². The van der Waals surface area contributed by atoms with Crippen LogP contribution in [0.1, 0.15) is 33.6 Å². The topological polar surface area (TPSA) is 104 Å². The quantitative estimate of drug-likeness (QED) is 0.387. The van der Waals surface area contributed by atoms with Crippen molar-refractivity contribution in [2.24, 2.45) is 0 Å².